The number of nitrogens with zero attached hydrogens (tertiary/aromatic N) is 1. The van der Waals surface area contributed by atoms with Crippen LogP contribution in [0.4, 0.5) is 4.39 Å². The lowest BCUT2D eigenvalue weighted by atomic mass is 9.79. The van der Waals surface area contributed by atoms with Crippen LogP contribution in [0.1, 0.15) is 27.5 Å². The summed E-state index contributed by atoms with van der Waals surface area (Å²) >= 11 is 1.45. The first-order valence-corrected chi connectivity index (χ1v) is 8.01. The average Bonchev–Trinajstić information content (AvgIpc) is 3.15. The number of carbonyl (C=O) groups excluding carboxylic acids is 1. The first-order chi connectivity index (χ1) is 10.6. The number of aryl methyl sites for hydroxylation is 1. The number of halogens is 1. The minimum atomic E-state index is -0.297. The van der Waals surface area contributed by atoms with Crippen LogP contribution in [0.15, 0.2) is 29.6 Å². The van der Waals surface area contributed by atoms with Crippen molar-refractivity contribution in [2.75, 3.05) is 19.8 Å². The molecule has 1 fully saturated rings. The van der Waals surface area contributed by atoms with E-state index in [1.165, 1.54) is 23.5 Å². The standard InChI is InChI=1S/C16H17FN2O2S/c1-11-19-14(8-22-11)15(20)18-9-16(6-7-21-10-16)12-2-4-13(17)5-3-12/h2-5,8H,6-7,9-10H2,1H3,(H,18,20). The number of hydrogen-bond donors (Lipinski definition) is 1. The van der Waals surface area contributed by atoms with Gasteiger partial charge in [-0.05, 0) is 31.0 Å². The van der Waals surface area contributed by atoms with Gasteiger partial charge < -0.3 is 10.1 Å². The van der Waals surface area contributed by atoms with E-state index in [1.807, 2.05) is 6.92 Å². The van der Waals surface area contributed by atoms with Gasteiger partial charge in [0.15, 0.2) is 0 Å². The lowest BCUT2D eigenvalue weighted by Gasteiger charge is -2.28. The molecule has 3 rings (SSSR count). The molecule has 1 aliphatic rings. The topological polar surface area (TPSA) is 51.2 Å². The van der Waals surface area contributed by atoms with Crippen molar-refractivity contribution >= 4 is 17.2 Å². The Morgan fingerprint density at radius 3 is 2.82 bits per heavy atom. The first kappa shape index (κ1) is 15.1. The molecule has 0 saturated carbocycles. The predicted octanol–water partition coefficient (Wildman–Crippen LogP) is 2.68. The minimum absolute atomic E-state index is 0.183. The molecule has 22 heavy (non-hydrogen) atoms. The second-order valence-electron chi connectivity index (χ2n) is 5.52. The van der Waals surface area contributed by atoms with Crippen molar-refractivity contribution in [1.82, 2.24) is 10.3 Å². The highest BCUT2D eigenvalue weighted by atomic mass is 32.1. The third-order valence-electron chi connectivity index (χ3n) is 4.00. The fourth-order valence-corrected chi connectivity index (χ4v) is 3.28. The number of rotatable bonds is 4. The van der Waals surface area contributed by atoms with Crippen LogP contribution in [0, 0.1) is 12.7 Å². The van der Waals surface area contributed by atoms with Crippen LogP contribution in [0.3, 0.4) is 0 Å². The van der Waals surface area contributed by atoms with Crippen molar-refractivity contribution in [3.8, 4) is 0 Å². The SMILES string of the molecule is Cc1nc(C(=O)NCC2(c3ccc(F)cc3)CCOC2)cs1. The van der Waals surface area contributed by atoms with Gasteiger partial charge in [0.1, 0.15) is 11.5 Å². The summed E-state index contributed by atoms with van der Waals surface area (Å²) in [7, 11) is 0. The zero-order chi connectivity index (χ0) is 15.6. The van der Waals surface area contributed by atoms with Crippen LogP contribution >= 0.6 is 11.3 Å². The summed E-state index contributed by atoms with van der Waals surface area (Å²) in [5.74, 6) is -0.447. The molecule has 1 atom stereocenters. The lowest BCUT2D eigenvalue weighted by molar-refractivity contribution is 0.0934. The number of benzene rings is 1. The molecule has 1 aromatic heterocycles. The van der Waals surface area contributed by atoms with E-state index in [1.54, 1.807) is 17.5 Å². The lowest BCUT2D eigenvalue weighted by Crippen LogP contribution is -2.41. The monoisotopic (exact) mass is 320 g/mol. The van der Waals surface area contributed by atoms with Gasteiger partial charge in [0.2, 0.25) is 0 Å². The van der Waals surface area contributed by atoms with Crippen LogP contribution in [-0.4, -0.2) is 30.6 Å². The Morgan fingerprint density at radius 2 is 2.23 bits per heavy atom. The highest BCUT2D eigenvalue weighted by Crippen LogP contribution is 2.32. The molecule has 116 valence electrons. The zero-order valence-corrected chi connectivity index (χ0v) is 13.1. The summed E-state index contributed by atoms with van der Waals surface area (Å²) in [6.45, 7) is 3.48. The zero-order valence-electron chi connectivity index (χ0n) is 12.3. The van der Waals surface area contributed by atoms with Crippen molar-refractivity contribution in [3.05, 3.63) is 51.7 Å². The molecule has 1 unspecified atom stereocenters. The average molecular weight is 320 g/mol. The van der Waals surface area contributed by atoms with E-state index in [4.69, 9.17) is 4.74 Å². The van der Waals surface area contributed by atoms with Crippen LogP contribution in [-0.2, 0) is 10.2 Å². The third-order valence-corrected chi connectivity index (χ3v) is 4.77. The van der Waals surface area contributed by atoms with Gasteiger partial charge in [0.25, 0.3) is 5.91 Å². The Balaban J connectivity index is 1.74. The molecular weight excluding hydrogens is 303 g/mol. The molecular formula is C16H17FN2O2S. The quantitative estimate of drug-likeness (QED) is 0.942. The minimum Gasteiger partial charge on any atom is -0.380 e. The van der Waals surface area contributed by atoms with E-state index < -0.39 is 0 Å². The number of ether oxygens (including phenoxy) is 1. The van der Waals surface area contributed by atoms with E-state index in [2.05, 4.69) is 10.3 Å². The smallest absolute Gasteiger partial charge is 0.270 e. The Kier molecular flexibility index (Phi) is 4.22. The first-order valence-electron chi connectivity index (χ1n) is 7.13. The summed E-state index contributed by atoms with van der Waals surface area (Å²) in [6, 6.07) is 6.42. The molecule has 1 saturated heterocycles. The summed E-state index contributed by atoms with van der Waals surface area (Å²) in [4.78, 5) is 16.4. The summed E-state index contributed by atoms with van der Waals surface area (Å²) in [5, 5.41) is 5.55. The van der Waals surface area contributed by atoms with Crippen molar-refractivity contribution < 1.29 is 13.9 Å². The van der Waals surface area contributed by atoms with Crippen molar-refractivity contribution in [2.24, 2.45) is 0 Å². The number of amides is 1. The highest BCUT2D eigenvalue weighted by molar-refractivity contribution is 7.09. The maximum absolute atomic E-state index is 13.1. The van der Waals surface area contributed by atoms with Gasteiger partial charge in [-0.3, -0.25) is 4.79 Å². The highest BCUT2D eigenvalue weighted by Gasteiger charge is 2.37. The van der Waals surface area contributed by atoms with Gasteiger partial charge in [-0.25, -0.2) is 9.37 Å². The molecule has 1 amide bonds. The maximum atomic E-state index is 13.1. The summed E-state index contributed by atoms with van der Waals surface area (Å²) in [5.41, 5.74) is 1.13. The van der Waals surface area contributed by atoms with Gasteiger partial charge in [-0.1, -0.05) is 12.1 Å². The normalized spacial score (nSPS) is 21.0. The molecule has 1 aromatic carbocycles. The Morgan fingerprint density at radius 1 is 1.45 bits per heavy atom. The molecule has 1 N–H and O–H groups in total. The largest absolute Gasteiger partial charge is 0.380 e. The number of hydrogen-bond acceptors (Lipinski definition) is 4. The number of thiazole rings is 1. The van der Waals surface area contributed by atoms with Crippen molar-refractivity contribution in [2.45, 2.75) is 18.8 Å². The van der Waals surface area contributed by atoms with E-state index in [9.17, 15) is 9.18 Å². The van der Waals surface area contributed by atoms with Gasteiger partial charge >= 0.3 is 0 Å². The van der Waals surface area contributed by atoms with Crippen LogP contribution in [0.5, 0.6) is 0 Å². The third kappa shape index (κ3) is 3.03. The van der Waals surface area contributed by atoms with Gasteiger partial charge in [-0.15, -0.1) is 11.3 Å². The van der Waals surface area contributed by atoms with Crippen LogP contribution in [0.2, 0.25) is 0 Å². The number of carbonyl (C=O) groups is 1. The Labute approximate surface area is 132 Å². The molecule has 0 spiro atoms. The number of nitrogens with one attached hydrogen (secondary N) is 1. The molecule has 0 radical (unpaired) electrons. The van der Waals surface area contributed by atoms with E-state index in [0.717, 1.165) is 17.0 Å². The molecule has 0 aliphatic carbocycles. The van der Waals surface area contributed by atoms with Gasteiger partial charge in [0.05, 0.1) is 11.6 Å². The fourth-order valence-electron chi connectivity index (χ4n) is 2.69. The Hall–Kier alpha value is -1.79. The van der Waals surface area contributed by atoms with Crippen LogP contribution in [0.25, 0.3) is 0 Å². The van der Waals surface area contributed by atoms with E-state index in [-0.39, 0.29) is 17.1 Å². The Bertz CT molecular complexity index is 663. The predicted molar refractivity (Wildman–Crippen MR) is 82.7 cm³/mol. The summed E-state index contributed by atoms with van der Waals surface area (Å²) in [6.07, 6.45) is 0.801. The van der Waals surface area contributed by atoms with Gasteiger partial charge in [-0.2, -0.15) is 0 Å². The molecule has 2 heterocycles. The molecule has 2 aromatic rings. The van der Waals surface area contributed by atoms with Crippen molar-refractivity contribution in [1.29, 1.82) is 0 Å². The van der Waals surface area contributed by atoms with Crippen LogP contribution < -0.4 is 5.32 Å². The van der Waals surface area contributed by atoms with Crippen molar-refractivity contribution in [3.63, 3.8) is 0 Å². The second kappa shape index (κ2) is 6.14. The van der Waals surface area contributed by atoms with Gasteiger partial charge in [0, 0.05) is 23.9 Å². The maximum Gasteiger partial charge on any atom is 0.270 e. The second-order valence-corrected chi connectivity index (χ2v) is 6.59. The molecule has 6 heteroatoms. The van der Waals surface area contributed by atoms with E-state index in [0.29, 0.717) is 25.5 Å². The molecule has 4 nitrogen and oxygen atoms in total. The fraction of sp³-hybridized carbons (Fsp3) is 0.375. The molecule has 1 aliphatic heterocycles. The van der Waals surface area contributed by atoms with E-state index >= 15 is 0 Å². The number of aromatic nitrogens is 1. The summed E-state index contributed by atoms with van der Waals surface area (Å²) < 4.78 is 18.7. The molecule has 0 bridgehead atoms.